The third-order valence-corrected chi connectivity index (χ3v) is 3.82. The van der Waals surface area contributed by atoms with Crippen molar-refractivity contribution in [1.82, 2.24) is 4.90 Å². The highest BCUT2D eigenvalue weighted by molar-refractivity contribution is 5.68. The van der Waals surface area contributed by atoms with Crippen LogP contribution in [0.15, 0.2) is 0 Å². The van der Waals surface area contributed by atoms with Gasteiger partial charge in [0.2, 0.25) is 0 Å². The van der Waals surface area contributed by atoms with Gasteiger partial charge in [-0.15, -0.1) is 0 Å². The molecule has 0 aromatic carbocycles. The maximum atomic E-state index is 12.1. The van der Waals surface area contributed by atoms with E-state index in [4.69, 9.17) is 9.84 Å². The maximum Gasteiger partial charge on any atom is 0.410 e. The summed E-state index contributed by atoms with van der Waals surface area (Å²) >= 11 is 0. The van der Waals surface area contributed by atoms with Crippen LogP contribution >= 0.6 is 0 Å². The van der Waals surface area contributed by atoms with Crippen molar-refractivity contribution in [3.8, 4) is 0 Å². The fourth-order valence-corrected chi connectivity index (χ4v) is 2.65. The topological polar surface area (TPSA) is 70.0 Å². The van der Waals surface area contributed by atoms with E-state index in [1.54, 1.807) is 4.90 Å². The van der Waals surface area contributed by atoms with Gasteiger partial charge >= 0.3 is 6.09 Å². The van der Waals surface area contributed by atoms with E-state index in [1.165, 1.54) is 0 Å². The lowest BCUT2D eigenvalue weighted by atomic mass is 9.82. The predicted molar refractivity (Wildman–Crippen MR) is 77.4 cm³/mol. The number of amides is 1. The number of piperidine rings is 1. The number of rotatable bonds is 4. The van der Waals surface area contributed by atoms with Gasteiger partial charge in [0.1, 0.15) is 5.60 Å². The van der Waals surface area contributed by atoms with Crippen LogP contribution in [0.1, 0.15) is 47.0 Å². The summed E-state index contributed by atoms with van der Waals surface area (Å²) in [5.41, 5.74) is -0.495. The van der Waals surface area contributed by atoms with Gasteiger partial charge in [0.15, 0.2) is 0 Å². The van der Waals surface area contributed by atoms with Gasteiger partial charge in [-0.05, 0) is 46.0 Å². The number of aliphatic hydroxyl groups is 2. The largest absolute Gasteiger partial charge is 0.444 e. The van der Waals surface area contributed by atoms with E-state index in [-0.39, 0.29) is 30.6 Å². The summed E-state index contributed by atoms with van der Waals surface area (Å²) < 4.78 is 5.39. The average molecular weight is 287 g/mol. The lowest BCUT2D eigenvalue weighted by Crippen LogP contribution is -2.49. The fourth-order valence-electron chi connectivity index (χ4n) is 2.65. The monoisotopic (exact) mass is 287 g/mol. The van der Waals surface area contributed by atoms with Crippen LogP contribution in [0.2, 0.25) is 0 Å². The third-order valence-electron chi connectivity index (χ3n) is 3.82. The Bertz CT molecular complexity index is 313. The zero-order valence-electron chi connectivity index (χ0n) is 13.1. The van der Waals surface area contributed by atoms with Crippen LogP contribution in [0.4, 0.5) is 4.79 Å². The molecule has 0 aliphatic carbocycles. The second-order valence-electron chi connectivity index (χ2n) is 6.79. The molecule has 1 rings (SSSR count). The molecule has 118 valence electrons. The average Bonchev–Trinajstić information content (AvgIpc) is 2.34. The van der Waals surface area contributed by atoms with E-state index in [0.29, 0.717) is 19.5 Å². The first-order valence-corrected chi connectivity index (χ1v) is 7.51. The molecule has 0 aromatic heterocycles. The molecular formula is C15H29NO4. The van der Waals surface area contributed by atoms with Gasteiger partial charge < -0.3 is 19.8 Å². The van der Waals surface area contributed by atoms with E-state index in [1.807, 2.05) is 20.8 Å². The number of aliphatic hydroxyl groups excluding tert-OH is 2. The summed E-state index contributed by atoms with van der Waals surface area (Å²) in [5, 5.41) is 19.0. The highest BCUT2D eigenvalue weighted by atomic mass is 16.6. The number of hydrogen-bond donors (Lipinski definition) is 2. The molecule has 1 heterocycles. The molecule has 1 aliphatic heterocycles. The van der Waals surface area contributed by atoms with Gasteiger partial charge in [0.25, 0.3) is 0 Å². The highest BCUT2D eigenvalue weighted by Gasteiger charge is 2.35. The Morgan fingerprint density at radius 2 is 2.10 bits per heavy atom. The molecule has 5 nitrogen and oxygen atoms in total. The molecular weight excluding hydrogens is 258 g/mol. The minimum atomic E-state index is -0.495. The van der Waals surface area contributed by atoms with Gasteiger partial charge in [0, 0.05) is 25.6 Å². The molecule has 2 N–H and O–H groups in total. The van der Waals surface area contributed by atoms with E-state index in [2.05, 4.69) is 6.92 Å². The summed E-state index contributed by atoms with van der Waals surface area (Å²) in [4.78, 5) is 13.8. The molecule has 20 heavy (non-hydrogen) atoms. The first kappa shape index (κ1) is 17.2. The smallest absolute Gasteiger partial charge is 0.410 e. The van der Waals surface area contributed by atoms with Crippen LogP contribution in [-0.2, 0) is 4.74 Å². The second-order valence-corrected chi connectivity index (χ2v) is 6.79. The molecule has 0 aromatic rings. The number of carbonyl (C=O) groups excluding carboxylic acids is 1. The number of nitrogens with zero attached hydrogens (tertiary/aromatic N) is 1. The molecule has 0 saturated carbocycles. The van der Waals surface area contributed by atoms with Crippen molar-refractivity contribution in [2.24, 2.45) is 11.8 Å². The molecule has 0 spiro atoms. The Balaban J connectivity index is 2.58. The van der Waals surface area contributed by atoms with Crippen molar-refractivity contribution >= 4 is 6.09 Å². The van der Waals surface area contributed by atoms with E-state index < -0.39 is 5.60 Å². The van der Waals surface area contributed by atoms with Crippen molar-refractivity contribution < 1.29 is 19.7 Å². The van der Waals surface area contributed by atoms with Crippen molar-refractivity contribution in [1.29, 1.82) is 0 Å². The molecule has 3 unspecified atom stereocenters. The molecule has 1 amide bonds. The molecule has 0 radical (unpaired) electrons. The van der Waals surface area contributed by atoms with Crippen LogP contribution in [0.5, 0.6) is 0 Å². The number of likely N-dealkylation sites (tertiary alicyclic amines) is 1. The standard InChI is InChI=1S/C15H29NO4/c1-11(6-5-9-17)12-10-16(8-7-13(12)18)14(19)20-15(2,3)4/h11-13,17-18H,5-10H2,1-4H3. The Labute approximate surface area is 121 Å². The minimum absolute atomic E-state index is 0.0582. The Kier molecular flexibility index (Phi) is 6.27. The van der Waals surface area contributed by atoms with Gasteiger partial charge in [0.05, 0.1) is 6.10 Å². The van der Waals surface area contributed by atoms with Gasteiger partial charge in [-0.3, -0.25) is 0 Å². The summed E-state index contributed by atoms with van der Waals surface area (Å²) in [6.07, 6.45) is 1.51. The second kappa shape index (κ2) is 7.27. The van der Waals surface area contributed by atoms with Crippen molar-refractivity contribution in [3.63, 3.8) is 0 Å². The molecule has 0 bridgehead atoms. The highest BCUT2D eigenvalue weighted by Crippen LogP contribution is 2.28. The summed E-state index contributed by atoms with van der Waals surface area (Å²) in [7, 11) is 0. The molecule has 3 atom stereocenters. The van der Waals surface area contributed by atoms with Crippen LogP contribution < -0.4 is 0 Å². The van der Waals surface area contributed by atoms with Crippen LogP contribution in [0.3, 0.4) is 0 Å². The molecule has 1 saturated heterocycles. The summed E-state index contributed by atoms with van der Waals surface area (Å²) in [5.74, 6) is 0.338. The lowest BCUT2D eigenvalue weighted by molar-refractivity contribution is -0.0216. The summed E-state index contributed by atoms with van der Waals surface area (Å²) in [6, 6.07) is 0. The fraction of sp³-hybridized carbons (Fsp3) is 0.933. The van der Waals surface area contributed by atoms with Crippen LogP contribution in [0.25, 0.3) is 0 Å². The van der Waals surface area contributed by atoms with E-state index in [0.717, 1.165) is 12.8 Å². The van der Waals surface area contributed by atoms with E-state index >= 15 is 0 Å². The summed E-state index contributed by atoms with van der Waals surface area (Å²) in [6.45, 7) is 8.87. The number of hydrogen-bond acceptors (Lipinski definition) is 4. The van der Waals surface area contributed by atoms with Crippen molar-refractivity contribution in [2.75, 3.05) is 19.7 Å². The van der Waals surface area contributed by atoms with Gasteiger partial charge in [-0.25, -0.2) is 4.79 Å². The Hall–Kier alpha value is -0.810. The third kappa shape index (κ3) is 5.29. The Morgan fingerprint density at radius 3 is 2.65 bits per heavy atom. The first-order chi connectivity index (χ1) is 9.24. The van der Waals surface area contributed by atoms with Gasteiger partial charge in [-0.1, -0.05) is 6.92 Å². The number of ether oxygens (including phenoxy) is 1. The van der Waals surface area contributed by atoms with Crippen molar-refractivity contribution in [3.05, 3.63) is 0 Å². The maximum absolute atomic E-state index is 12.1. The quantitative estimate of drug-likeness (QED) is 0.830. The predicted octanol–water partition coefficient (Wildman–Crippen LogP) is 2.01. The molecule has 1 aliphatic rings. The zero-order chi connectivity index (χ0) is 15.3. The lowest BCUT2D eigenvalue weighted by Gasteiger charge is -2.39. The Morgan fingerprint density at radius 1 is 1.45 bits per heavy atom. The molecule has 5 heteroatoms. The normalized spacial score (nSPS) is 25.4. The van der Waals surface area contributed by atoms with Crippen LogP contribution in [-0.4, -0.2) is 52.6 Å². The first-order valence-electron chi connectivity index (χ1n) is 7.51. The number of carbonyl (C=O) groups is 1. The van der Waals surface area contributed by atoms with Gasteiger partial charge in [-0.2, -0.15) is 0 Å². The van der Waals surface area contributed by atoms with Crippen LogP contribution in [0, 0.1) is 11.8 Å². The zero-order valence-corrected chi connectivity index (χ0v) is 13.1. The molecule has 1 fully saturated rings. The minimum Gasteiger partial charge on any atom is -0.444 e. The van der Waals surface area contributed by atoms with E-state index in [9.17, 15) is 9.90 Å². The SMILES string of the molecule is CC(CCCO)C1CN(C(=O)OC(C)(C)C)CCC1O. The van der Waals surface area contributed by atoms with Crippen molar-refractivity contribution in [2.45, 2.75) is 58.7 Å².